The van der Waals surface area contributed by atoms with Crippen LogP contribution in [0.15, 0.2) is 126 Å². The van der Waals surface area contributed by atoms with Crippen LogP contribution in [0.4, 0.5) is 5.69 Å². The molecular weight excluding hydrogens is 753 g/mol. The number of hydrogen-bond donors (Lipinski definition) is 1. The highest BCUT2D eigenvalue weighted by Gasteiger charge is 2.21. The molecule has 0 aliphatic heterocycles. The maximum Gasteiger partial charge on any atom is 0.103 e. The van der Waals surface area contributed by atoms with Crippen LogP contribution < -0.4 is 10.6 Å². The first-order valence-electron chi connectivity index (χ1n) is 22.3. The van der Waals surface area contributed by atoms with Gasteiger partial charge in [0.05, 0.1) is 39.7 Å². The summed E-state index contributed by atoms with van der Waals surface area (Å²) >= 11 is 0. The Labute approximate surface area is 376 Å². The third-order valence-corrected chi connectivity index (χ3v) is 10.2. The number of unbranched alkanes of at least 4 members (excludes halogenated alkanes) is 3. The SMILES string of the molecule is C=Cc1ccc(/C(C)=c2/c(/C(C)=C(\C#N)C(=C)C)c(-c3ccccc3C)[nH]/c2=C(/C#N)C(C)=Nc2ccccc2C)cc1.CC.CCC.CCCCCC.Cc1ccccc1C. The lowest BCUT2D eigenvalue weighted by atomic mass is 9.91. The van der Waals surface area contributed by atoms with Gasteiger partial charge in [0.1, 0.15) is 6.07 Å². The zero-order valence-corrected chi connectivity index (χ0v) is 40.6. The molecule has 0 aliphatic rings. The Morgan fingerprint density at radius 1 is 0.677 bits per heavy atom. The number of allylic oxidation sites excluding steroid dienone is 3. The Hall–Kier alpha value is -6.23. The van der Waals surface area contributed by atoms with Crippen molar-refractivity contribution in [3.63, 3.8) is 0 Å². The van der Waals surface area contributed by atoms with Crippen molar-refractivity contribution >= 4 is 34.2 Å². The summed E-state index contributed by atoms with van der Waals surface area (Å²) in [5.74, 6) is 0. The number of benzene rings is 4. The van der Waals surface area contributed by atoms with E-state index in [2.05, 4.69) is 134 Å². The molecule has 4 heteroatoms. The van der Waals surface area contributed by atoms with Crippen molar-refractivity contribution in [1.82, 2.24) is 4.98 Å². The van der Waals surface area contributed by atoms with E-state index >= 15 is 0 Å². The number of aromatic amines is 1. The largest absolute Gasteiger partial charge is 0.353 e. The van der Waals surface area contributed by atoms with Crippen LogP contribution in [0.25, 0.3) is 34.1 Å². The average Bonchev–Trinajstić information content (AvgIpc) is 3.66. The topological polar surface area (TPSA) is 75.7 Å². The molecule has 0 atom stereocenters. The van der Waals surface area contributed by atoms with Crippen LogP contribution in [0, 0.1) is 50.4 Å². The van der Waals surface area contributed by atoms with E-state index in [4.69, 9.17) is 4.99 Å². The number of H-pyrrole nitrogens is 1. The summed E-state index contributed by atoms with van der Waals surface area (Å²) in [6.07, 6.45) is 8.60. The quantitative estimate of drug-likeness (QED) is 0.0659. The van der Waals surface area contributed by atoms with Crippen molar-refractivity contribution < 1.29 is 0 Å². The van der Waals surface area contributed by atoms with E-state index in [9.17, 15) is 10.5 Å². The molecule has 0 saturated carbocycles. The maximum atomic E-state index is 10.7. The molecule has 0 amide bonds. The van der Waals surface area contributed by atoms with Crippen molar-refractivity contribution in [3.8, 4) is 23.4 Å². The van der Waals surface area contributed by atoms with Gasteiger partial charge in [0.25, 0.3) is 0 Å². The Morgan fingerprint density at radius 3 is 1.58 bits per heavy atom. The van der Waals surface area contributed by atoms with Gasteiger partial charge >= 0.3 is 0 Å². The summed E-state index contributed by atoms with van der Waals surface area (Å²) in [5.41, 5.74) is 14.3. The molecule has 326 valence electrons. The molecule has 1 heterocycles. The van der Waals surface area contributed by atoms with Gasteiger partial charge in [0, 0.05) is 16.3 Å². The van der Waals surface area contributed by atoms with Gasteiger partial charge in [-0.25, -0.2) is 0 Å². The Morgan fingerprint density at radius 2 is 1.16 bits per heavy atom. The van der Waals surface area contributed by atoms with Crippen LogP contribution in [-0.2, 0) is 0 Å². The molecule has 0 aliphatic carbocycles. The number of nitrogens with zero attached hydrogens (tertiary/aromatic N) is 3. The van der Waals surface area contributed by atoms with Crippen LogP contribution >= 0.6 is 0 Å². The Kier molecular flexibility index (Phi) is 25.2. The highest BCUT2D eigenvalue weighted by atomic mass is 14.8. The van der Waals surface area contributed by atoms with Gasteiger partial charge in [-0.05, 0) is 112 Å². The van der Waals surface area contributed by atoms with Crippen LogP contribution in [-0.4, -0.2) is 10.7 Å². The maximum absolute atomic E-state index is 10.7. The zero-order chi connectivity index (χ0) is 46.8. The predicted molar refractivity (Wildman–Crippen MR) is 274 cm³/mol. The first-order chi connectivity index (χ1) is 29.8. The third-order valence-electron chi connectivity index (χ3n) is 10.2. The molecule has 0 fully saturated rings. The summed E-state index contributed by atoms with van der Waals surface area (Å²) in [7, 11) is 0. The van der Waals surface area contributed by atoms with Crippen LogP contribution in [0.1, 0.15) is 140 Å². The normalized spacial score (nSPS) is 11.7. The van der Waals surface area contributed by atoms with E-state index in [1.54, 1.807) is 0 Å². The van der Waals surface area contributed by atoms with Crippen LogP contribution in [0.3, 0.4) is 0 Å². The van der Waals surface area contributed by atoms with Gasteiger partial charge in [-0.1, -0.05) is 184 Å². The summed E-state index contributed by atoms with van der Waals surface area (Å²) < 4.78 is 0. The van der Waals surface area contributed by atoms with Gasteiger partial charge < -0.3 is 4.98 Å². The molecule has 0 unspecified atom stereocenters. The second-order valence-corrected chi connectivity index (χ2v) is 15.3. The van der Waals surface area contributed by atoms with Gasteiger partial charge in [0.15, 0.2) is 0 Å². The molecule has 0 bridgehead atoms. The van der Waals surface area contributed by atoms with E-state index in [0.29, 0.717) is 27.8 Å². The smallest absolute Gasteiger partial charge is 0.103 e. The summed E-state index contributed by atoms with van der Waals surface area (Å²) in [6.45, 7) is 36.7. The monoisotopic (exact) mass is 827 g/mol. The lowest BCUT2D eigenvalue weighted by Crippen LogP contribution is -2.31. The van der Waals surface area contributed by atoms with Crippen LogP contribution in [0.2, 0.25) is 0 Å². The molecule has 1 aromatic heterocycles. The van der Waals surface area contributed by atoms with Gasteiger partial charge in [-0.2, -0.15) is 10.5 Å². The molecule has 5 aromatic rings. The number of aromatic nitrogens is 1. The predicted octanol–water partition coefficient (Wildman–Crippen LogP) is 15.8. The van der Waals surface area contributed by atoms with Gasteiger partial charge in [0.2, 0.25) is 0 Å². The third kappa shape index (κ3) is 15.7. The number of hydrogen-bond acceptors (Lipinski definition) is 3. The molecule has 4 aromatic carbocycles. The second kappa shape index (κ2) is 29.1. The summed E-state index contributed by atoms with van der Waals surface area (Å²) in [6, 6.07) is 37.4. The van der Waals surface area contributed by atoms with E-state index in [1.807, 2.05) is 96.1 Å². The Bertz CT molecular complexity index is 2440. The minimum absolute atomic E-state index is 0.433. The number of para-hydroxylation sites is 1. The molecule has 0 spiro atoms. The van der Waals surface area contributed by atoms with Gasteiger partial charge in [-0.3, -0.25) is 4.99 Å². The van der Waals surface area contributed by atoms with Crippen molar-refractivity contribution in [3.05, 3.63) is 171 Å². The van der Waals surface area contributed by atoms with E-state index in [0.717, 1.165) is 61.1 Å². The van der Waals surface area contributed by atoms with Gasteiger partial charge in [-0.15, -0.1) is 0 Å². The van der Waals surface area contributed by atoms with E-state index in [1.165, 1.54) is 43.2 Å². The summed E-state index contributed by atoms with van der Waals surface area (Å²) in [4.78, 5) is 8.56. The Balaban J connectivity index is 0.000000840. The fraction of sp³-hybridized carbons (Fsp3) is 0.328. The number of aliphatic imine (C=N–C) groups is 1. The summed E-state index contributed by atoms with van der Waals surface area (Å²) in [5, 5.41) is 22.4. The van der Waals surface area contributed by atoms with E-state index < -0.39 is 0 Å². The average molecular weight is 827 g/mol. The lowest BCUT2D eigenvalue weighted by Gasteiger charge is -2.12. The number of nitriles is 2. The molecular formula is C58H74N4. The molecule has 0 saturated heterocycles. The number of nitrogens with one attached hydrogen (secondary N) is 1. The molecule has 1 N–H and O–H groups in total. The van der Waals surface area contributed by atoms with Crippen LogP contribution in [0.5, 0.6) is 0 Å². The highest BCUT2D eigenvalue weighted by molar-refractivity contribution is 6.22. The molecule has 4 nitrogen and oxygen atoms in total. The minimum atomic E-state index is 0.433. The molecule has 62 heavy (non-hydrogen) atoms. The van der Waals surface area contributed by atoms with Crippen molar-refractivity contribution in [2.24, 2.45) is 4.99 Å². The lowest BCUT2D eigenvalue weighted by molar-refractivity contribution is 0.702. The van der Waals surface area contributed by atoms with Crippen molar-refractivity contribution in [2.45, 2.75) is 129 Å². The fourth-order valence-electron chi connectivity index (χ4n) is 6.54. The minimum Gasteiger partial charge on any atom is -0.353 e. The first kappa shape index (κ1) is 53.8. The fourth-order valence-corrected chi connectivity index (χ4v) is 6.54. The first-order valence-corrected chi connectivity index (χ1v) is 22.3. The molecule has 0 radical (unpaired) electrons. The van der Waals surface area contributed by atoms with Crippen molar-refractivity contribution in [1.29, 1.82) is 10.5 Å². The molecule has 5 rings (SSSR count). The second-order valence-electron chi connectivity index (χ2n) is 15.3. The number of aryl methyl sites for hydroxylation is 4. The number of rotatable bonds is 10. The standard InChI is InChI=1S/C39H36N4.C8H10.C6H14.C3H8.C2H6/c1-9-30-18-20-31(21-19-30)27(6)36-37(28(7)33(22-40)24(2)3)38(32-16-12-10-14-25(32)4)43-39(36)34(23-41)29(8)42-35-17-13-11-15-26(35)5;1-7-5-3-4-6-8(7)2;1-3-5-6-4-2;1-3-2;1-2/h9-21,43H,1-2H2,3-8H3;3-6H,1-2H3;3-6H2,1-2H3;3H2,1-2H3;1-2H3/b33-28+,36-27-,39-34-,42-29?;;;;. The van der Waals surface area contributed by atoms with Crippen molar-refractivity contribution in [2.75, 3.05) is 0 Å². The van der Waals surface area contributed by atoms with E-state index in [-0.39, 0.29) is 0 Å². The highest BCUT2D eigenvalue weighted by Crippen LogP contribution is 2.31. The zero-order valence-electron chi connectivity index (χ0n) is 40.6.